The molecule has 1 unspecified atom stereocenters. The van der Waals surface area contributed by atoms with E-state index in [0.29, 0.717) is 53.1 Å². The van der Waals surface area contributed by atoms with Crippen LogP contribution in [0.15, 0.2) is 81.7 Å². The average Bonchev–Trinajstić information content (AvgIpc) is 3.60. The highest BCUT2D eigenvalue weighted by Crippen LogP contribution is 2.31. The van der Waals surface area contributed by atoms with Crippen LogP contribution in [0.2, 0.25) is 5.02 Å². The summed E-state index contributed by atoms with van der Waals surface area (Å²) in [5, 5.41) is 15.3. The van der Waals surface area contributed by atoms with Gasteiger partial charge in [0.15, 0.2) is 17.6 Å². The first-order chi connectivity index (χ1) is 19.4. The number of aliphatic hydroxyl groups is 1. The average molecular weight is 563 g/mol. The number of oxazole rings is 1. The number of nitrogens with zero attached hydrogens (tertiary/aromatic N) is 4. The monoisotopic (exact) mass is 562 g/mol. The number of aromatic nitrogens is 2. The minimum Gasteiger partial charge on any atom is -0.472 e. The van der Waals surface area contributed by atoms with Gasteiger partial charge < -0.3 is 18.8 Å². The lowest BCUT2D eigenvalue weighted by Gasteiger charge is -2.39. The van der Waals surface area contributed by atoms with Crippen molar-refractivity contribution in [1.82, 2.24) is 19.9 Å². The molecule has 3 heterocycles. The molecule has 1 N–H and O–H groups in total. The van der Waals surface area contributed by atoms with E-state index in [1.165, 1.54) is 12.1 Å². The van der Waals surface area contributed by atoms with Gasteiger partial charge in [-0.15, -0.1) is 0 Å². The van der Waals surface area contributed by atoms with Gasteiger partial charge in [-0.1, -0.05) is 28.9 Å². The third-order valence-corrected chi connectivity index (χ3v) is 7.31. The molecular formula is C30H28ClFN4O4. The highest BCUT2D eigenvalue weighted by atomic mass is 35.5. The van der Waals surface area contributed by atoms with Crippen LogP contribution in [0.4, 0.5) is 4.39 Å². The molecule has 8 nitrogen and oxygen atoms in total. The van der Waals surface area contributed by atoms with Crippen molar-refractivity contribution in [2.75, 3.05) is 26.2 Å². The number of ether oxygens (including phenoxy) is 1. The van der Waals surface area contributed by atoms with Crippen molar-refractivity contribution in [2.24, 2.45) is 0 Å². The molecule has 0 radical (unpaired) electrons. The number of hydrogen-bond acceptors (Lipinski definition) is 8. The normalized spacial score (nSPS) is 16.3. The Morgan fingerprint density at radius 3 is 2.55 bits per heavy atom. The molecule has 40 heavy (non-hydrogen) atoms. The lowest BCUT2D eigenvalue weighted by atomic mass is 10.1. The summed E-state index contributed by atoms with van der Waals surface area (Å²) in [6.07, 6.45) is -1.24. The van der Waals surface area contributed by atoms with E-state index in [1.807, 2.05) is 42.5 Å². The fourth-order valence-corrected chi connectivity index (χ4v) is 5.11. The third kappa shape index (κ3) is 5.73. The quantitative estimate of drug-likeness (QED) is 0.252. The molecule has 10 heteroatoms. The van der Waals surface area contributed by atoms with Crippen LogP contribution in [0.1, 0.15) is 12.7 Å². The fourth-order valence-electron chi connectivity index (χ4n) is 4.89. The van der Waals surface area contributed by atoms with E-state index in [9.17, 15) is 9.50 Å². The lowest BCUT2D eigenvalue weighted by molar-refractivity contribution is -0.0756. The van der Waals surface area contributed by atoms with Crippen LogP contribution in [0.25, 0.3) is 33.8 Å². The van der Waals surface area contributed by atoms with E-state index in [1.54, 1.807) is 25.1 Å². The Morgan fingerprint density at radius 1 is 1.02 bits per heavy atom. The Bertz CT molecular complexity index is 1600. The molecule has 0 amide bonds. The van der Waals surface area contributed by atoms with Crippen LogP contribution in [0.3, 0.4) is 0 Å². The second kappa shape index (κ2) is 11.4. The van der Waals surface area contributed by atoms with E-state index in [-0.39, 0.29) is 5.82 Å². The number of rotatable bonds is 8. The highest BCUT2D eigenvalue weighted by molar-refractivity contribution is 6.33. The van der Waals surface area contributed by atoms with Gasteiger partial charge in [-0.2, -0.15) is 0 Å². The Hall–Kier alpha value is -3.76. The highest BCUT2D eigenvalue weighted by Gasteiger charge is 2.29. The van der Waals surface area contributed by atoms with Crippen LogP contribution in [0.5, 0.6) is 5.75 Å². The van der Waals surface area contributed by atoms with Crippen molar-refractivity contribution < 1.29 is 23.2 Å². The molecule has 0 bridgehead atoms. The molecule has 6 rings (SSSR count). The van der Waals surface area contributed by atoms with E-state index in [0.717, 1.165) is 30.0 Å². The van der Waals surface area contributed by atoms with Gasteiger partial charge >= 0.3 is 0 Å². The fraction of sp³-hybridized carbons (Fsp3) is 0.267. The topological polar surface area (TPSA) is 88.0 Å². The molecule has 2 aromatic heterocycles. The molecule has 1 aliphatic rings. The lowest BCUT2D eigenvalue weighted by Crippen LogP contribution is -2.55. The smallest absolute Gasteiger partial charge is 0.228 e. The number of halogens is 2. The van der Waals surface area contributed by atoms with Gasteiger partial charge in [0.1, 0.15) is 28.9 Å². The Labute approximate surface area is 235 Å². The summed E-state index contributed by atoms with van der Waals surface area (Å²) in [6, 6.07) is 20.9. The van der Waals surface area contributed by atoms with Gasteiger partial charge in [0.05, 0.1) is 17.1 Å². The van der Waals surface area contributed by atoms with Crippen LogP contribution < -0.4 is 4.74 Å². The summed E-state index contributed by atoms with van der Waals surface area (Å²) < 4.78 is 30.9. The van der Waals surface area contributed by atoms with E-state index in [2.05, 4.69) is 19.9 Å². The minimum absolute atomic E-state index is 0.286. The van der Waals surface area contributed by atoms with Gasteiger partial charge in [-0.25, -0.2) is 9.37 Å². The molecule has 0 spiro atoms. The Morgan fingerprint density at radius 2 is 1.80 bits per heavy atom. The van der Waals surface area contributed by atoms with E-state index < -0.39 is 12.3 Å². The SMILES string of the molecule is C[C@@H](O)C(Oc1ccc2oc(-c3ccccc3Cl)nc2c1)N1CCN(Cc2cc(-c3ccc(F)cc3)no2)CC1. The van der Waals surface area contributed by atoms with Gasteiger partial charge in [-0.05, 0) is 55.5 Å². The summed E-state index contributed by atoms with van der Waals surface area (Å²) in [7, 11) is 0. The van der Waals surface area contributed by atoms with Crippen LogP contribution in [-0.2, 0) is 6.54 Å². The third-order valence-electron chi connectivity index (χ3n) is 6.98. The Balaban J connectivity index is 1.09. The molecular weight excluding hydrogens is 535 g/mol. The van der Waals surface area contributed by atoms with Crippen molar-refractivity contribution in [2.45, 2.75) is 25.8 Å². The number of aliphatic hydroxyl groups excluding tert-OH is 1. The maximum atomic E-state index is 13.2. The largest absolute Gasteiger partial charge is 0.472 e. The zero-order valence-corrected chi connectivity index (χ0v) is 22.6. The van der Waals surface area contributed by atoms with Crippen LogP contribution >= 0.6 is 11.6 Å². The maximum absolute atomic E-state index is 13.2. The minimum atomic E-state index is -0.717. The molecule has 0 aliphatic carbocycles. The molecule has 2 atom stereocenters. The molecule has 1 saturated heterocycles. The van der Waals surface area contributed by atoms with Crippen molar-refractivity contribution in [3.63, 3.8) is 0 Å². The number of fused-ring (bicyclic) bond motifs is 1. The molecule has 3 aromatic carbocycles. The maximum Gasteiger partial charge on any atom is 0.228 e. The number of piperazine rings is 1. The molecule has 0 saturated carbocycles. The summed E-state index contributed by atoms with van der Waals surface area (Å²) in [4.78, 5) is 9.00. The van der Waals surface area contributed by atoms with Crippen molar-refractivity contribution in [3.8, 4) is 28.5 Å². The van der Waals surface area contributed by atoms with Gasteiger partial charge in [0.2, 0.25) is 5.89 Å². The summed E-state index contributed by atoms with van der Waals surface area (Å²) >= 11 is 6.31. The standard InChI is InChI=1S/C30H28ClFN4O4/c1-19(37)30(38-22-10-11-28-27(16-22)33-29(39-28)24-4-2-3-5-25(24)31)36-14-12-35(13-15-36)18-23-17-26(34-40-23)20-6-8-21(32)9-7-20/h2-11,16-17,19,30,37H,12-15,18H2,1H3/t19-,30?/m1/s1. The van der Waals surface area contributed by atoms with Crippen LogP contribution in [0, 0.1) is 5.82 Å². The van der Waals surface area contributed by atoms with Crippen molar-refractivity contribution in [3.05, 3.63) is 89.4 Å². The second-order valence-electron chi connectivity index (χ2n) is 9.87. The van der Waals surface area contributed by atoms with Gasteiger partial charge in [0, 0.05) is 43.9 Å². The first-order valence-electron chi connectivity index (χ1n) is 13.1. The van der Waals surface area contributed by atoms with Gasteiger partial charge in [0.25, 0.3) is 0 Å². The van der Waals surface area contributed by atoms with E-state index >= 15 is 0 Å². The predicted octanol–water partition coefficient (Wildman–Crippen LogP) is 5.85. The molecule has 5 aromatic rings. The zero-order valence-electron chi connectivity index (χ0n) is 21.8. The van der Waals surface area contributed by atoms with Gasteiger partial charge in [-0.3, -0.25) is 9.80 Å². The molecule has 1 fully saturated rings. The van der Waals surface area contributed by atoms with Crippen LogP contribution in [-0.4, -0.2) is 63.6 Å². The Kier molecular flexibility index (Phi) is 7.53. The second-order valence-corrected chi connectivity index (χ2v) is 10.3. The number of hydrogen-bond donors (Lipinski definition) is 1. The first-order valence-corrected chi connectivity index (χ1v) is 13.5. The zero-order chi connectivity index (χ0) is 27.6. The molecule has 1 aliphatic heterocycles. The summed E-state index contributed by atoms with van der Waals surface area (Å²) in [5.74, 6) is 1.49. The summed E-state index contributed by atoms with van der Waals surface area (Å²) in [5.41, 5.74) is 3.48. The van der Waals surface area contributed by atoms with E-state index in [4.69, 9.17) is 25.3 Å². The van der Waals surface area contributed by atoms with Crippen molar-refractivity contribution in [1.29, 1.82) is 0 Å². The predicted molar refractivity (Wildman–Crippen MR) is 149 cm³/mol. The summed E-state index contributed by atoms with van der Waals surface area (Å²) in [6.45, 7) is 5.28. The molecule has 206 valence electrons. The first kappa shape index (κ1) is 26.5. The van der Waals surface area contributed by atoms with Crippen molar-refractivity contribution >= 4 is 22.7 Å². The number of benzene rings is 3.